The van der Waals surface area contributed by atoms with Crippen molar-refractivity contribution in [3.05, 3.63) is 33.4 Å². The van der Waals surface area contributed by atoms with Crippen molar-refractivity contribution >= 4 is 28.7 Å². The van der Waals surface area contributed by atoms with Gasteiger partial charge in [-0.25, -0.2) is 4.79 Å². The number of rotatable bonds is 7. The van der Waals surface area contributed by atoms with Gasteiger partial charge in [0, 0.05) is 22.2 Å². The maximum Gasteiger partial charge on any atom is 0.407 e. The highest BCUT2D eigenvalue weighted by Crippen LogP contribution is 2.18. The Morgan fingerprint density at radius 3 is 2.46 bits per heavy atom. The van der Waals surface area contributed by atoms with Crippen LogP contribution in [0.2, 0.25) is 0 Å². The molecule has 0 aromatic heterocycles. The Morgan fingerprint density at radius 2 is 1.92 bits per heavy atom. The molecule has 1 atom stereocenters. The van der Waals surface area contributed by atoms with Crippen LogP contribution in [0.1, 0.15) is 53.5 Å². The normalized spacial score (nSPS) is 14.3. The van der Waals surface area contributed by atoms with E-state index in [1.165, 1.54) is 9.13 Å². The zero-order valence-corrected chi connectivity index (χ0v) is 17.9. The highest BCUT2D eigenvalue weighted by molar-refractivity contribution is 14.1. The molecule has 4 nitrogen and oxygen atoms in total. The molecule has 0 spiro atoms. The largest absolute Gasteiger partial charge is 0.444 e. The lowest BCUT2D eigenvalue weighted by Gasteiger charge is -2.33. The molecule has 24 heavy (non-hydrogen) atoms. The van der Waals surface area contributed by atoms with Crippen LogP contribution in [0.25, 0.3) is 0 Å². The second-order valence-electron chi connectivity index (χ2n) is 8.00. The molecule has 0 radical (unpaired) electrons. The highest BCUT2D eigenvalue weighted by atomic mass is 127. The maximum atomic E-state index is 11.9. The van der Waals surface area contributed by atoms with E-state index >= 15 is 0 Å². The SMILES string of the molecule is CC(C)CC(C)(CNC(=O)OC(C)(C)C)NCc1cccc(I)c1. The van der Waals surface area contributed by atoms with Gasteiger partial charge < -0.3 is 15.4 Å². The van der Waals surface area contributed by atoms with Crippen molar-refractivity contribution in [2.75, 3.05) is 6.54 Å². The van der Waals surface area contributed by atoms with Gasteiger partial charge in [0.05, 0.1) is 0 Å². The number of benzene rings is 1. The molecule has 1 amide bonds. The van der Waals surface area contributed by atoms with E-state index in [9.17, 15) is 4.79 Å². The van der Waals surface area contributed by atoms with Gasteiger partial charge in [-0.05, 0) is 80.3 Å². The summed E-state index contributed by atoms with van der Waals surface area (Å²) in [5.74, 6) is 0.527. The molecule has 1 rings (SSSR count). The lowest BCUT2D eigenvalue weighted by molar-refractivity contribution is 0.0507. The van der Waals surface area contributed by atoms with E-state index in [2.05, 4.69) is 78.3 Å². The molecule has 0 aliphatic heterocycles. The molecule has 5 heteroatoms. The summed E-state index contributed by atoms with van der Waals surface area (Å²) in [7, 11) is 0. The van der Waals surface area contributed by atoms with Gasteiger partial charge in [-0.15, -0.1) is 0 Å². The number of nitrogens with one attached hydrogen (secondary N) is 2. The third-order valence-electron chi connectivity index (χ3n) is 3.49. The van der Waals surface area contributed by atoms with Gasteiger partial charge in [-0.3, -0.25) is 0 Å². The Labute approximate surface area is 160 Å². The Hall–Kier alpha value is -0.820. The fraction of sp³-hybridized carbons (Fsp3) is 0.632. The molecule has 1 aromatic carbocycles. The van der Waals surface area contributed by atoms with E-state index in [1.54, 1.807) is 0 Å². The number of alkyl carbamates (subject to hydrolysis) is 1. The zero-order valence-electron chi connectivity index (χ0n) is 15.7. The third kappa shape index (κ3) is 8.87. The van der Waals surface area contributed by atoms with Crippen molar-refractivity contribution in [2.45, 2.75) is 65.6 Å². The van der Waals surface area contributed by atoms with Crippen molar-refractivity contribution in [1.29, 1.82) is 0 Å². The standard InChI is InChI=1S/C19H31IN2O2/c1-14(2)11-19(6,13-21-17(23)24-18(3,4)5)22-12-15-8-7-9-16(20)10-15/h7-10,14,22H,11-13H2,1-6H3,(H,21,23). The average molecular weight is 446 g/mol. The topological polar surface area (TPSA) is 50.4 Å². The Balaban J connectivity index is 2.66. The van der Waals surface area contributed by atoms with Crippen molar-refractivity contribution in [3.8, 4) is 0 Å². The van der Waals surface area contributed by atoms with E-state index in [0.29, 0.717) is 12.5 Å². The number of amides is 1. The third-order valence-corrected chi connectivity index (χ3v) is 4.16. The van der Waals surface area contributed by atoms with Crippen molar-refractivity contribution in [2.24, 2.45) is 5.92 Å². The second kappa shape index (κ2) is 9.04. The van der Waals surface area contributed by atoms with Gasteiger partial charge in [0.25, 0.3) is 0 Å². The second-order valence-corrected chi connectivity index (χ2v) is 9.24. The summed E-state index contributed by atoms with van der Waals surface area (Å²) in [6.07, 6.45) is 0.598. The van der Waals surface area contributed by atoms with Crippen LogP contribution in [0.4, 0.5) is 4.79 Å². The van der Waals surface area contributed by atoms with Crippen LogP contribution in [0.3, 0.4) is 0 Å². The summed E-state index contributed by atoms with van der Waals surface area (Å²) in [6.45, 7) is 13.5. The molecule has 1 aromatic rings. The van der Waals surface area contributed by atoms with Gasteiger partial charge in [-0.2, -0.15) is 0 Å². The molecule has 0 fully saturated rings. The molecular weight excluding hydrogens is 415 g/mol. The van der Waals surface area contributed by atoms with E-state index in [4.69, 9.17) is 4.74 Å². The molecular formula is C19H31IN2O2. The maximum absolute atomic E-state index is 11.9. The molecule has 0 bridgehead atoms. The van der Waals surface area contributed by atoms with Crippen molar-refractivity contribution < 1.29 is 9.53 Å². The quantitative estimate of drug-likeness (QED) is 0.597. The zero-order chi connectivity index (χ0) is 18.4. The highest BCUT2D eigenvalue weighted by Gasteiger charge is 2.27. The smallest absolute Gasteiger partial charge is 0.407 e. The van der Waals surface area contributed by atoms with Crippen LogP contribution >= 0.6 is 22.6 Å². The predicted molar refractivity (Wildman–Crippen MR) is 108 cm³/mol. The molecule has 0 saturated carbocycles. The Kier molecular flexibility index (Phi) is 7.99. The number of ether oxygens (including phenoxy) is 1. The monoisotopic (exact) mass is 446 g/mol. The first kappa shape index (κ1) is 21.2. The fourth-order valence-electron chi connectivity index (χ4n) is 2.65. The van der Waals surface area contributed by atoms with E-state index in [0.717, 1.165) is 13.0 Å². The number of carbonyl (C=O) groups excluding carboxylic acids is 1. The average Bonchev–Trinajstić information content (AvgIpc) is 2.41. The van der Waals surface area contributed by atoms with Crippen molar-refractivity contribution in [1.82, 2.24) is 10.6 Å². The lowest BCUT2D eigenvalue weighted by atomic mass is 9.90. The van der Waals surface area contributed by atoms with Crippen LogP contribution in [0.5, 0.6) is 0 Å². The summed E-state index contributed by atoms with van der Waals surface area (Å²) in [4.78, 5) is 11.9. The first-order chi connectivity index (χ1) is 11.0. The summed E-state index contributed by atoms with van der Waals surface area (Å²) in [6, 6.07) is 8.44. The van der Waals surface area contributed by atoms with Crippen LogP contribution in [-0.4, -0.2) is 23.8 Å². The fourth-order valence-corrected chi connectivity index (χ4v) is 3.26. The summed E-state index contributed by atoms with van der Waals surface area (Å²) >= 11 is 2.32. The van der Waals surface area contributed by atoms with E-state index in [-0.39, 0.29) is 11.6 Å². The molecule has 0 aliphatic rings. The van der Waals surface area contributed by atoms with Gasteiger partial charge in [0.2, 0.25) is 0 Å². The predicted octanol–water partition coefficient (Wildman–Crippen LogP) is 4.71. The van der Waals surface area contributed by atoms with Crippen LogP contribution in [0.15, 0.2) is 24.3 Å². The van der Waals surface area contributed by atoms with Gasteiger partial charge >= 0.3 is 6.09 Å². The molecule has 0 aliphatic carbocycles. The minimum absolute atomic E-state index is 0.188. The Bertz CT molecular complexity index is 540. The molecule has 136 valence electrons. The molecule has 2 N–H and O–H groups in total. The molecule has 1 unspecified atom stereocenters. The number of carbonyl (C=O) groups is 1. The van der Waals surface area contributed by atoms with Crippen LogP contribution in [0, 0.1) is 9.49 Å². The Morgan fingerprint density at radius 1 is 1.25 bits per heavy atom. The summed E-state index contributed by atoms with van der Waals surface area (Å²) in [5.41, 5.74) is 0.577. The number of hydrogen-bond donors (Lipinski definition) is 2. The first-order valence-electron chi connectivity index (χ1n) is 8.45. The minimum atomic E-state index is -0.479. The van der Waals surface area contributed by atoms with Gasteiger partial charge in [0.15, 0.2) is 0 Å². The van der Waals surface area contributed by atoms with Crippen molar-refractivity contribution in [3.63, 3.8) is 0 Å². The van der Waals surface area contributed by atoms with Crippen LogP contribution < -0.4 is 10.6 Å². The summed E-state index contributed by atoms with van der Waals surface area (Å²) in [5, 5.41) is 6.52. The first-order valence-corrected chi connectivity index (χ1v) is 9.53. The molecule has 0 heterocycles. The minimum Gasteiger partial charge on any atom is -0.444 e. The lowest BCUT2D eigenvalue weighted by Crippen LogP contribution is -2.52. The van der Waals surface area contributed by atoms with Gasteiger partial charge in [-0.1, -0.05) is 26.0 Å². The molecule has 0 saturated heterocycles. The number of hydrogen-bond acceptors (Lipinski definition) is 3. The summed E-state index contributed by atoms with van der Waals surface area (Å²) < 4.78 is 6.56. The van der Waals surface area contributed by atoms with Gasteiger partial charge in [0.1, 0.15) is 5.60 Å². The van der Waals surface area contributed by atoms with E-state index < -0.39 is 5.60 Å². The van der Waals surface area contributed by atoms with E-state index in [1.807, 2.05) is 20.8 Å². The van der Waals surface area contributed by atoms with Crippen LogP contribution in [-0.2, 0) is 11.3 Å². The number of halogens is 1.